The van der Waals surface area contributed by atoms with Crippen molar-refractivity contribution in [1.29, 1.82) is 0 Å². The van der Waals surface area contributed by atoms with Gasteiger partial charge in [-0.25, -0.2) is 0 Å². The number of allylic oxidation sites excluding steroid dienone is 5. The molecule has 1 atom stereocenters. The molecule has 0 aliphatic heterocycles. The molecule has 1 heterocycles. The first-order valence-corrected chi connectivity index (χ1v) is 11.6. The van der Waals surface area contributed by atoms with Crippen LogP contribution in [0.2, 0.25) is 0 Å². The zero-order valence-electron chi connectivity index (χ0n) is 14.4. The molecule has 2 aliphatic carbocycles. The first-order valence-electron chi connectivity index (χ1n) is 8.19. The van der Waals surface area contributed by atoms with E-state index in [4.69, 9.17) is 0 Å². The molecular weight excluding hydrogens is 393 g/mol. The normalized spacial score (nSPS) is 17.8. The summed E-state index contributed by atoms with van der Waals surface area (Å²) in [5.41, 5.74) is 7.42. The maximum absolute atomic E-state index is 4.64. The van der Waals surface area contributed by atoms with Crippen molar-refractivity contribution in [2.75, 3.05) is 6.38 Å². The summed E-state index contributed by atoms with van der Waals surface area (Å²) in [7, 11) is 0. The number of fused-ring (bicyclic) bond motifs is 1. The standard InChI is InChI=1S/C15H14N.C5H5.CH3Cl.Zr/c1-11-5-6-12(2)15-10-13(9-14(11)15)16-7-3-4-8-16;1-2-4-5-3-1;1-2;/h3-10H,1-2H3;1-3H,4H2;1H3;. The van der Waals surface area contributed by atoms with Crippen molar-refractivity contribution in [2.24, 2.45) is 0 Å². The van der Waals surface area contributed by atoms with Crippen molar-refractivity contribution in [3.63, 3.8) is 0 Å². The van der Waals surface area contributed by atoms with Gasteiger partial charge in [0, 0.05) is 6.38 Å². The molecule has 0 saturated heterocycles. The Morgan fingerprint density at radius 2 is 1.79 bits per heavy atom. The number of benzene rings is 1. The van der Waals surface area contributed by atoms with Gasteiger partial charge in [0.1, 0.15) is 0 Å². The fourth-order valence-corrected chi connectivity index (χ4v) is 7.62. The summed E-state index contributed by atoms with van der Waals surface area (Å²) in [6.07, 6.45) is 16.4. The predicted octanol–water partition coefficient (Wildman–Crippen LogP) is 5.94. The monoisotopic (exact) mass is 413 g/mol. The average Bonchev–Trinajstić information content (AvgIpc) is 3.34. The van der Waals surface area contributed by atoms with Gasteiger partial charge in [0.15, 0.2) is 0 Å². The van der Waals surface area contributed by atoms with Gasteiger partial charge >= 0.3 is 144 Å². The van der Waals surface area contributed by atoms with Gasteiger partial charge < -0.3 is 0 Å². The van der Waals surface area contributed by atoms with Gasteiger partial charge in [-0.05, 0) is 0 Å². The molecular formula is C21H22ClNZr. The molecule has 1 aromatic heterocycles. The van der Waals surface area contributed by atoms with E-state index in [9.17, 15) is 0 Å². The van der Waals surface area contributed by atoms with Crippen LogP contribution in [0.4, 0.5) is 0 Å². The van der Waals surface area contributed by atoms with Gasteiger partial charge in [0.05, 0.1) is 0 Å². The Morgan fingerprint density at radius 1 is 1.08 bits per heavy atom. The zero-order valence-corrected chi connectivity index (χ0v) is 17.6. The summed E-state index contributed by atoms with van der Waals surface area (Å²) in [6, 6.07) is 8.82. The Hall–Kier alpha value is -1.11. The van der Waals surface area contributed by atoms with E-state index in [1.165, 1.54) is 35.2 Å². The fraction of sp³-hybridized carbons (Fsp3) is 0.238. The SMILES string of the molecule is CCl.Cc1ccc(C)c2c1C=C(n1cccc1)[CH]2[Zr][C]1=CC=CC1. The van der Waals surface area contributed by atoms with Gasteiger partial charge in [-0.2, -0.15) is 0 Å². The van der Waals surface area contributed by atoms with E-state index in [1.807, 2.05) is 0 Å². The van der Waals surface area contributed by atoms with Gasteiger partial charge in [0.25, 0.3) is 0 Å². The van der Waals surface area contributed by atoms with E-state index in [1.54, 1.807) is 8.84 Å². The summed E-state index contributed by atoms with van der Waals surface area (Å²) in [6.45, 7) is 4.52. The van der Waals surface area contributed by atoms with E-state index < -0.39 is 23.2 Å². The molecule has 122 valence electrons. The minimum atomic E-state index is -0.669. The van der Waals surface area contributed by atoms with Crippen LogP contribution in [0.5, 0.6) is 0 Å². The quantitative estimate of drug-likeness (QED) is 0.547. The molecule has 0 saturated carbocycles. The van der Waals surface area contributed by atoms with E-state index in [0.29, 0.717) is 3.63 Å². The molecule has 2 aliphatic rings. The average molecular weight is 415 g/mol. The predicted molar refractivity (Wildman–Crippen MR) is 101 cm³/mol. The van der Waals surface area contributed by atoms with Crippen molar-refractivity contribution in [2.45, 2.75) is 23.9 Å². The molecule has 0 bridgehead atoms. The number of aryl methyl sites for hydroxylation is 2. The minimum absolute atomic E-state index is 0.636. The van der Waals surface area contributed by atoms with Gasteiger partial charge in [-0.15, -0.1) is 11.6 Å². The Morgan fingerprint density at radius 3 is 2.46 bits per heavy atom. The van der Waals surface area contributed by atoms with Gasteiger partial charge in [-0.1, -0.05) is 0 Å². The number of hydrogen-bond donors (Lipinski definition) is 0. The third-order valence-corrected chi connectivity index (χ3v) is 8.57. The second-order valence-electron chi connectivity index (χ2n) is 6.09. The molecule has 1 unspecified atom stereocenters. The summed E-state index contributed by atoms with van der Waals surface area (Å²) in [5, 5.41) is 0. The van der Waals surface area contributed by atoms with E-state index in [0.717, 1.165) is 0 Å². The molecule has 0 spiro atoms. The molecule has 1 nitrogen and oxygen atoms in total. The molecule has 4 rings (SSSR count). The van der Waals surface area contributed by atoms with Crippen LogP contribution < -0.4 is 0 Å². The number of nitrogens with zero attached hydrogens (tertiary/aromatic N) is 1. The maximum atomic E-state index is 4.64. The summed E-state index contributed by atoms with van der Waals surface area (Å²) in [4.78, 5) is 0. The van der Waals surface area contributed by atoms with Crippen LogP contribution in [-0.2, 0) is 23.2 Å². The zero-order chi connectivity index (χ0) is 17.1. The molecule has 2 aromatic rings. The number of hydrogen-bond acceptors (Lipinski definition) is 0. The number of alkyl halides is 1. The first-order chi connectivity index (χ1) is 11.7. The molecule has 0 N–H and O–H groups in total. The summed E-state index contributed by atoms with van der Waals surface area (Å²) < 4.78 is 4.67. The molecule has 1 aromatic carbocycles. The van der Waals surface area contributed by atoms with Crippen molar-refractivity contribution < 1.29 is 23.2 Å². The van der Waals surface area contributed by atoms with Crippen LogP contribution >= 0.6 is 11.6 Å². The number of rotatable bonds is 3. The van der Waals surface area contributed by atoms with Crippen LogP contribution in [-0.4, -0.2) is 11.0 Å². The number of aromatic nitrogens is 1. The number of halogens is 1. The first kappa shape index (κ1) is 17.7. The van der Waals surface area contributed by atoms with Crippen LogP contribution in [0.25, 0.3) is 11.8 Å². The van der Waals surface area contributed by atoms with Crippen molar-refractivity contribution in [3.05, 3.63) is 80.4 Å². The molecule has 0 radical (unpaired) electrons. The second kappa shape index (κ2) is 7.85. The topological polar surface area (TPSA) is 4.93 Å². The van der Waals surface area contributed by atoms with Gasteiger partial charge in [-0.3, -0.25) is 0 Å². The Balaban J connectivity index is 0.000000815. The Kier molecular flexibility index (Phi) is 5.79. The van der Waals surface area contributed by atoms with E-state index in [-0.39, 0.29) is 0 Å². The van der Waals surface area contributed by atoms with Crippen molar-refractivity contribution >= 4 is 23.4 Å². The van der Waals surface area contributed by atoms with Crippen LogP contribution in [0, 0.1) is 13.8 Å². The Labute approximate surface area is 161 Å². The van der Waals surface area contributed by atoms with Crippen LogP contribution in [0.15, 0.2) is 58.2 Å². The van der Waals surface area contributed by atoms with Crippen molar-refractivity contribution in [1.82, 2.24) is 4.57 Å². The molecule has 0 amide bonds. The van der Waals surface area contributed by atoms with E-state index in [2.05, 4.69) is 91.0 Å². The van der Waals surface area contributed by atoms with Crippen LogP contribution in [0.1, 0.15) is 32.3 Å². The fourth-order valence-electron chi connectivity index (χ4n) is 3.42. The Bertz CT molecular complexity index is 813. The molecule has 3 heteroatoms. The van der Waals surface area contributed by atoms with E-state index >= 15 is 0 Å². The summed E-state index contributed by atoms with van der Waals surface area (Å²) in [5.74, 6) is 0. The van der Waals surface area contributed by atoms with Gasteiger partial charge in [0.2, 0.25) is 0 Å². The second-order valence-corrected chi connectivity index (χ2v) is 9.80. The third-order valence-electron chi connectivity index (χ3n) is 4.60. The third kappa shape index (κ3) is 3.32. The molecule has 0 fully saturated rings. The van der Waals surface area contributed by atoms with Crippen LogP contribution in [0.3, 0.4) is 0 Å². The molecule has 24 heavy (non-hydrogen) atoms. The van der Waals surface area contributed by atoms with Crippen molar-refractivity contribution in [3.8, 4) is 0 Å². The summed E-state index contributed by atoms with van der Waals surface area (Å²) >= 11 is 3.97.